The number of likely N-dealkylation sites (tertiary alicyclic amines) is 1. The molecule has 0 radical (unpaired) electrons. The molecule has 5 atom stereocenters. The van der Waals surface area contributed by atoms with E-state index in [2.05, 4.69) is 6.08 Å². The molecule has 5 rings (SSSR count). The van der Waals surface area contributed by atoms with Gasteiger partial charge >= 0.3 is 12.1 Å². The van der Waals surface area contributed by atoms with E-state index in [0.29, 0.717) is 19.5 Å². The molecule has 0 spiro atoms. The minimum absolute atomic E-state index is 0.0487. The third-order valence-corrected chi connectivity index (χ3v) is 8.33. The molecule has 176 valence electrons. The lowest BCUT2D eigenvalue weighted by atomic mass is 9.56. The number of carbonyl (C=O) groups excluding carboxylic acids is 2. The summed E-state index contributed by atoms with van der Waals surface area (Å²) in [4.78, 5) is 43.4. The molecular weight excluding hydrogens is 420 g/mol. The molecule has 1 aromatic rings. The second-order valence-corrected chi connectivity index (χ2v) is 9.83. The summed E-state index contributed by atoms with van der Waals surface area (Å²) in [7, 11) is 0. The van der Waals surface area contributed by atoms with Gasteiger partial charge in [0.05, 0.1) is 12.0 Å². The van der Waals surface area contributed by atoms with Crippen LogP contribution in [-0.2, 0) is 20.9 Å². The molecule has 3 saturated heterocycles. The molecule has 7 nitrogen and oxygen atoms in total. The number of carboxylic acids is 1. The number of fused-ring (bicyclic) bond motifs is 4. The first kappa shape index (κ1) is 22.0. The monoisotopic (exact) mass is 452 g/mol. The van der Waals surface area contributed by atoms with Crippen molar-refractivity contribution in [1.29, 1.82) is 0 Å². The van der Waals surface area contributed by atoms with Crippen LogP contribution < -0.4 is 0 Å². The highest BCUT2D eigenvalue weighted by Crippen LogP contribution is 2.56. The minimum Gasteiger partial charge on any atom is -0.481 e. The molecule has 1 unspecified atom stereocenters. The number of aliphatic carboxylic acids is 1. The fourth-order valence-corrected chi connectivity index (χ4v) is 6.90. The molecule has 0 aromatic heterocycles. The fraction of sp³-hybridized carbons (Fsp3) is 0.577. The van der Waals surface area contributed by atoms with Crippen molar-refractivity contribution in [2.45, 2.75) is 64.1 Å². The lowest BCUT2D eigenvalue weighted by Crippen LogP contribution is -2.63. The van der Waals surface area contributed by atoms with Gasteiger partial charge in [-0.3, -0.25) is 9.59 Å². The van der Waals surface area contributed by atoms with Gasteiger partial charge in [0, 0.05) is 25.0 Å². The van der Waals surface area contributed by atoms with Crippen LogP contribution in [0.4, 0.5) is 4.79 Å². The third kappa shape index (κ3) is 3.35. The normalized spacial score (nSPS) is 33.0. The Kier molecular flexibility index (Phi) is 5.67. The topological polar surface area (TPSA) is 87.2 Å². The van der Waals surface area contributed by atoms with E-state index in [1.54, 1.807) is 4.90 Å². The van der Waals surface area contributed by atoms with Crippen LogP contribution in [0.1, 0.15) is 51.0 Å². The average Bonchev–Trinajstić information content (AvgIpc) is 3.13. The van der Waals surface area contributed by atoms with Crippen LogP contribution >= 0.6 is 0 Å². The second kappa shape index (κ2) is 8.50. The van der Waals surface area contributed by atoms with E-state index in [0.717, 1.165) is 43.2 Å². The molecule has 2 amide bonds. The predicted molar refractivity (Wildman–Crippen MR) is 121 cm³/mol. The number of rotatable bonds is 4. The number of hydrogen-bond donors (Lipinski definition) is 1. The second-order valence-electron chi connectivity index (χ2n) is 9.83. The molecule has 0 saturated carbocycles. The predicted octanol–water partition coefficient (Wildman–Crippen LogP) is 3.84. The maximum atomic E-state index is 13.6. The van der Waals surface area contributed by atoms with Gasteiger partial charge in [0.1, 0.15) is 12.0 Å². The number of carbonyl (C=O) groups is 3. The molecule has 33 heavy (non-hydrogen) atoms. The van der Waals surface area contributed by atoms with Gasteiger partial charge in [0.2, 0.25) is 5.91 Å². The van der Waals surface area contributed by atoms with Gasteiger partial charge in [-0.15, -0.1) is 0 Å². The summed E-state index contributed by atoms with van der Waals surface area (Å²) in [5.74, 6) is -1.77. The highest BCUT2D eigenvalue weighted by Gasteiger charge is 2.66. The Hall–Kier alpha value is -2.83. The average molecular weight is 453 g/mol. The summed E-state index contributed by atoms with van der Waals surface area (Å²) in [6.45, 7) is 3.12. The fourth-order valence-electron chi connectivity index (χ4n) is 6.90. The van der Waals surface area contributed by atoms with Gasteiger partial charge in [-0.1, -0.05) is 48.9 Å². The van der Waals surface area contributed by atoms with Crippen molar-refractivity contribution in [2.75, 3.05) is 13.1 Å². The van der Waals surface area contributed by atoms with Crippen molar-refractivity contribution in [3.63, 3.8) is 0 Å². The van der Waals surface area contributed by atoms with E-state index in [9.17, 15) is 19.5 Å². The molecule has 0 bridgehead atoms. The first-order valence-electron chi connectivity index (χ1n) is 12.2. The van der Waals surface area contributed by atoms with Crippen LogP contribution in [0.3, 0.4) is 0 Å². The van der Waals surface area contributed by atoms with E-state index in [1.807, 2.05) is 42.2 Å². The number of piperidine rings is 2. The van der Waals surface area contributed by atoms with Gasteiger partial charge in [0.25, 0.3) is 0 Å². The Morgan fingerprint density at radius 3 is 2.67 bits per heavy atom. The summed E-state index contributed by atoms with van der Waals surface area (Å²) in [5.41, 5.74) is 0.531. The van der Waals surface area contributed by atoms with Gasteiger partial charge in [-0.25, -0.2) is 4.79 Å². The van der Waals surface area contributed by atoms with Gasteiger partial charge < -0.3 is 19.6 Å². The zero-order valence-corrected chi connectivity index (χ0v) is 19.1. The summed E-state index contributed by atoms with van der Waals surface area (Å²) in [6.07, 6.45) is 6.42. The number of benzene rings is 1. The highest BCUT2D eigenvalue weighted by molar-refractivity contribution is 5.92. The van der Waals surface area contributed by atoms with E-state index in [4.69, 9.17) is 4.74 Å². The Bertz CT molecular complexity index is 976. The smallest absolute Gasteiger partial charge is 0.410 e. The molecule has 3 fully saturated rings. The standard InChI is InChI=1S/C26H32N2O5/c1-2-26(24(30)31)21-19(20-12-6-7-13-27(20)23(21)29)15-18-11-8-14-28(22(18)26)25(32)33-16-17-9-4-3-5-10-17/h3-5,9-10,15,19-22H,2,6-8,11-14,16H2,1H3,(H,30,31)/t19-,20-,21+,22?,26+/m1/s1. The van der Waals surface area contributed by atoms with Gasteiger partial charge in [-0.2, -0.15) is 0 Å². The molecular formula is C26H32N2O5. The summed E-state index contributed by atoms with van der Waals surface area (Å²) in [6, 6.07) is 8.89. The first-order chi connectivity index (χ1) is 16.0. The van der Waals surface area contributed by atoms with E-state index in [1.165, 1.54) is 0 Å². The van der Waals surface area contributed by atoms with Crippen LogP contribution in [-0.4, -0.2) is 58.0 Å². The number of carboxylic acid groups (broad SMARTS) is 1. The first-order valence-corrected chi connectivity index (χ1v) is 12.2. The molecule has 1 aliphatic carbocycles. The quantitative estimate of drug-likeness (QED) is 0.702. The summed E-state index contributed by atoms with van der Waals surface area (Å²) in [5, 5.41) is 10.7. The van der Waals surface area contributed by atoms with Crippen LogP contribution in [0.2, 0.25) is 0 Å². The summed E-state index contributed by atoms with van der Waals surface area (Å²) < 4.78 is 5.64. The Balaban J connectivity index is 1.51. The molecule has 4 aliphatic rings. The van der Waals surface area contributed by atoms with Gasteiger partial charge in [0.15, 0.2) is 0 Å². The summed E-state index contributed by atoms with van der Waals surface area (Å²) >= 11 is 0. The number of amides is 2. The van der Waals surface area contributed by atoms with Crippen LogP contribution in [0, 0.1) is 17.3 Å². The zero-order valence-electron chi connectivity index (χ0n) is 19.1. The molecule has 1 N–H and O–H groups in total. The van der Waals surface area contributed by atoms with Crippen LogP contribution in [0.5, 0.6) is 0 Å². The maximum absolute atomic E-state index is 13.6. The number of ether oxygens (including phenoxy) is 1. The molecule has 3 aliphatic heterocycles. The van der Waals surface area contributed by atoms with Crippen molar-refractivity contribution in [3.05, 3.63) is 47.5 Å². The van der Waals surface area contributed by atoms with Crippen LogP contribution in [0.25, 0.3) is 0 Å². The third-order valence-electron chi connectivity index (χ3n) is 8.33. The van der Waals surface area contributed by atoms with Crippen LogP contribution in [0.15, 0.2) is 42.0 Å². The lowest BCUT2D eigenvalue weighted by molar-refractivity contribution is -0.164. The van der Waals surface area contributed by atoms with Crippen molar-refractivity contribution >= 4 is 18.0 Å². The molecule has 7 heteroatoms. The Morgan fingerprint density at radius 2 is 1.94 bits per heavy atom. The van der Waals surface area contributed by atoms with E-state index < -0.39 is 29.4 Å². The van der Waals surface area contributed by atoms with Crippen molar-refractivity contribution in [1.82, 2.24) is 9.80 Å². The molecule has 1 aromatic carbocycles. The lowest BCUT2D eigenvalue weighted by Gasteiger charge is -2.52. The number of hydrogen-bond acceptors (Lipinski definition) is 4. The van der Waals surface area contributed by atoms with E-state index in [-0.39, 0.29) is 24.5 Å². The Morgan fingerprint density at radius 1 is 1.15 bits per heavy atom. The minimum atomic E-state index is -1.34. The molecule has 3 heterocycles. The number of nitrogens with zero attached hydrogens (tertiary/aromatic N) is 2. The van der Waals surface area contributed by atoms with Crippen molar-refractivity contribution in [2.24, 2.45) is 17.3 Å². The Labute approximate surface area is 194 Å². The van der Waals surface area contributed by atoms with Crippen molar-refractivity contribution in [3.8, 4) is 0 Å². The zero-order chi connectivity index (χ0) is 23.2. The maximum Gasteiger partial charge on any atom is 0.410 e. The largest absolute Gasteiger partial charge is 0.481 e. The van der Waals surface area contributed by atoms with Gasteiger partial charge in [-0.05, 0) is 44.1 Å². The SMILES string of the molecule is CC[C@@]1(C(=O)O)C2C(=C[C@@H]3[C@H]4CCCCN4C(=O)[C@H]31)CCCN2C(=O)OCc1ccccc1. The highest BCUT2D eigenvalue weighted by atomic mass is 16.6. The van der Waals surface area contributed by atoms with Crippen molar-refractivity contribution < 1.29 is 24.2 Å². The van der Waals surface area contributed by atoms with E-state index >= 15 is 0 Å².